The number of rotatable bonds is 4. The molecule has 3 nitrogen and oxygen atoms in total. The molecule has 2 aromatic heterocycles. The first-order valence-electron chi connectivity index (χ1n) is 8.09. The number of thiophene rings is 1. The van der Waals surface area contributed by atoms with Crippen molar-refractivity contribution in [2.45, 2.75) is 24.4 Å². The normalized spacial score (nSPS) is 13.9. The molecule has 5 heteroatoms. The Bertz CT molecular complexity index is 970. The molecule has 0 atom stereocenters. The zero-order chi connectivity index (χ0) is 16.5. The van der Waals surface area contributed by atoms with E-state index in [0.717, 1.165) is 34.0 Å². The SMILES string of the molecule is Cn1c(SCC=Cc2ccccc2)nc2sc3c(c2c1=O)CCC3. The van der Waals surface area contributed by atoms with Crippen LogP contribution in [0.3, 0.4) is 0 Å². The van der Waals surface area contributed by atoms with Gasteiger partial charge in [-0.3, -0.25) is 9.36 Å². The molecule has 4 rings (SSSR count). The smallest absolute Gasteiger partial charge is 0.262 e. The molecule has 24 heavy (non-hydrogen) atoms. The van der Waals surface area contributed by atoms with Crippen molar-refractivity contribution in [1.29, 1.82) is 0 Å². The first-order valence-corrected chi connectivity index (χ1v) is 9.90. The maximum atomic E-state index is 12.7. The standard InChI is InChI=1S/C19H18N2OS2/c1-21-18(22)16-14-10-5-11-15(14)24-17(16)20-19(21)23-12-6-9-13-7-3-2-4-8-13/h2-4,6-9H,5,10-12H2,1H3. The van der Waals surface area contributed by atoms with Gasteiger partial charge in [0, 0.05) is 17.7 Å². The van der Waals surface area contributed by atoms with Gasteiger partial charge in [0.25, 0.3) is 5.56 Å². The van der Waals surface area contributed by atoms with E-state index in [9.17, 15) is 4.79 Å². The van der Waals surface area contributed by atoms with Gasteiger partial charge in [0.2, 0.25) is 0 Å². The number of hydrogen-bond acceptors (Lipinski definition) is 4. The van der Waals surface area contributed by atoms with Gasteiger partial charge < -0.3 is 0 Å². The highest BCUT2D eigenvalue weighted by atomic mass is 32.2. The predicted octanol–water partition coefficient (Wildman–Crippen LogP) is 4.29. The van der Waals surface area contributed by atoms with E-state index >= 15 is 0 Å². The fourth-order valence-corrected chi connectivity index (χ4v) is 5.19. The Balaban J connectivity index is 1.58. The zero-order valence-corrected chi connectivity index (χ0v) is 15.1. The highest BCUT2D eigenvalue weighted by Gasteiger charge is 2.22. The summed E-state index contributed by atoms with van der Waals surface area (Å²) in [5.41, 5.74) is 2.54. The van der Waals surface area contributed by atoms with Crippen molar-refractivity contribution in [2.24, 2.45) is 7.05 Å². The van der Waals surface area contributed by atoms with Crippen LogP contribution < -0.4 is 5.56 Å². The molecule has 0 radical (unpaired) electrons. The van der Waals surface area contributed by atoms with Gasteiger partial charge in [-0.1, -0.05) is 54.2 Å². The van der Waals surface area contributed by atoms with Gasteiger partial charge in [-0.25, -0.2) is 4.98 Å². The van der Waals surface area contributed by atoms with Crippen LogP contribution in [-0.4, -0.2) is 15.3 Å². The summed E-state index contributed by atoms with van der Waals surface area (Å²) < 4.78 is 1.70. The lowest BCUT2D eigenvalue weighted by Gasteiger charge is -2.06. The summed E-state index contributed by atoms with van der Waals surface area (Å²) in [5, 5.41) is 1.66. The van der Waals surface area contributed by atoms with Crippen LogP contribution >= 0.6 is 23.1 Å². The third-order valence-electron chi connectivity index (χ3n) is 4.32. The fourth-order valence-electron chi connectivity index (χ4n) is 3.11. The van der Waals surface area contributed by atoms with E-state index in [-0.39, 0.29) is 5.56 Å². The largest absolute Gasteiger partial charge is 0.290 e. The van der Waals surface area contributed by atoms with Gasteiger partial charge in [0.1, 0.15) is 4.83 Å². The molecule has 0 amide bonds. The van der Waals surface area contributed by atoms with Gasteiger partial charge in [0.05, 0.1) is 5.39 Å². The van der Waals surface area contributed by atoms with Gasteiger partial charge >= 0.3 is 0 Å². The molecule has 0 saturated heterocycles. The summed E-state index contributed by atoms with van der Waals surface area (Å²) in [6.45, 7) is 0. The lowest BCUT2D eigenvalue weighted by atomic mass is 10.2. The number of nitrogens with zero attached hydrogens (tertiary/aromatic N) is 2. The molecule has 3 aromatic rings. The van der Waals surface area contributed by atoms with E-state index in [0.29, 0.717) is 0 Å². The fraction of sp³-hybridized carbons (Fsp3) is 0.263. The molecule has 122 valence electrons. The molecule has 0 bridgehead atoms. The van der Waals surface area contributed by atoms with Crippen LogP contribution in [0.1, 0.15) is 22.4 Å². The minimum Gasteiger partial charge on any atom is -0.290 e. The van der Waals surface area contributed by atoms with E-state index < -0.39 is 0 Å². The van der Waals surface area contributed by atoms with Crippen molar-refractivity contribution in [1.82, 2.24) is 9.55 Å². The number of aromatic nitrogens is 2. The van der Waals surface area contributed by atoms with Gasteiger partial charge in [-0.05, 0) is 30.4 Å². The van der Waals surface area contributed by atoms with Crippen molar-refractivity contribution < 1.29 is 0 Å². The average Bonchev–Trinajstić information content (AvgIpc) is 3.17. The Kier molecular flexibility index (Phi) is 4.29. The summed E-state index contributed by atoms with van der Waals surface area (Å²) in [5.74, 6) is 0.797. The molecule has 0 N–H and O–H groups in total. The lowest BCUT2D eigenvalue weighted by Crippen LogP contribution is -2.20. The second-order valence-electron chi connectivity index (χ2n) is 5.92. The molecular weight excluding hydrogens is 336 g/mol. The van der Waals surface area contributed by atoms with E-state index in [2.05, 4.69) is 24.3 Å². The number of benzene rings is 1. The second-order valence-corrected chi connectivity index (χ2v) is 7.99. The Hall–Kier alpha value is -1.85. The first-order chi connectivity index (χ1) is 11.7. The summed E-state index contributed by atoms with van der Waals surface area (Å²) in [4.78, 5) is 19.8. The highest BCUT2D eigenvalue weighted by Crippen LogP contribution is 2.35. The van der Waals surface area contributed by atoms with E-state index in [1.165, 1.54) is 22.4 Å². The van der Waals surface area contributed by atoms with Crippen LogP contribution in [0.2, 0.25) is 0 Å². The highest BCUT2D eigenvalue weighted by molar-refractivity contribution is 7.99. The molecular formula is C19H18N2OS2. The number of aryl methyl sites for hydroxylation is 2. The average molecular weight is 355 g/mol. The molecule has 2 heterocycles. The van der Waals surface area contributed by atoms with Crippen LogP contribution in [0.25, 0.3) is 16.3 Å². The van der Waals surface area contributed by atoms with Gasteiger partial charge in [-0.15, -0.1) is 11.3 Å². The van der Waals surface area contributed by atoms with Crippen molar-refractivity contribution >= 4 is 39.4 Å². The number of fused-ring (bicyclic) bond motifs is 3. The second kappa shape index (κ2) is 6.57. The predicted molar refractivity (Wildman–Crippen MR) is 103 cm³/mol. The Morgan fingerprint density at radius 1 is 1.29 bits per heavy atom. The van der Waals surface area contributed by atoms with Crippen molar-refractivity contribution in [3.8, 4) is 0 Å². The van der Waals surface area contributed by atoms with Crippen LogP contribution in [0, 0.1) is 0 Å². The minimum atomic E-state index is 0.105. The topological polar surface area (TPSA) is 34.9 Å². The summed E-state index contributed by atoms with van der Waals surface area (Å²) >= 11 is 3.31. The van der Waals surface area contributed by atoms with Crippen LogP contribution in [0.5, 0.6) is 0 Å². The first kappa shape index (κ1) is 15.7. The molecule has 1 aromatic carbocycles. The number of hydrogen-bond donors (Lipinski definition) is 0. The van der Waals surface area contributed by atoms with E-state index in [1.807, 2.05) is 25.2 Å². The monoisotopic (exact) mass is 354 g/mol. The Morgan fingerprint density at radius 3 is 2.96 bits per heavy atom. The molecule has 0 fully saturated rings. The van der Waals surface area contributed by atoms with Crippen molar-refractivity contribution in [2.75, 3.05) is 5.75 Å². The molecule has 1 aliphatic carbocycles. The minimum absolute atomic E-state index is 0.105. The van der Waals surface area contributed by atoms with E-state index in [1.54, 1.807) is 27.7 Å². The summed E-state index contributed by atoms with van der Waals surface area (Å²) in [6, 6.07) is 10.2. The lowest BCUT2D eigenvalue weighted by molar-refractivity contribution is 0.727. The number of thioether (sulfide) groups is 1. The molecule has 1 aliphatic rings. The summed E-state index contributed by atoms with van der Waals surface area (Å²) in [7, 11) is 1.83. The maximum Gasteiger partial charge on any atom is 0.262 e. The van der Waals surface area contributed by atoms with E-state index in [4.69, 9.17) is 4.98 Å². The van der Waals surface area contributed by atoms with Gasteiger partial charge in [-0.2, -0.15) is 0 Å². The molecule has 0 spiro atoms. The van der Waals surface area contributed by atoms with Crippen LogP contribution in [0.15, 0.2) is 46.4 Å². The van der Waals surface area contributed by atoms with Crippen LogP contribution in [-0.2, 0) is 19.9 Å². The molecule has 0 unspecified atom stereocenters. The molecule has 0 saturated carbocycles. The maximum absolute atomic E-state index is 12.7. The quantitative estimate of drug-likeness (QED) is 0.518. The third-order valence-corrected chi connectivity index (χ3v) is 6.49. The Morgan fingerprint density at radius 2 is 2.12 bits per heavy atom. The van der Waals surface area contributed by atoms with Crippen molar-refractivity contribution in [3.63, 3.8) is 0 Å². The molecule has 0 aliphatic heterocycles. The van der Waals surface area contributed by atoms with Crippen LogP contribution in [0.4, 0.5) is 0 Å². The zero-order valence-electron chi connectivity index (χ0n) is 13.5. The third kappa shape index (κ3) is 2.82. The van der Waals surface area contributed by atoms with Gasteiger partial charge in [0.15, 0.2) is 5.16 Å². The summed E-state index contributed by atoms with van der Waals surface area (Å²) in [6.07, 6.45) is 7.51. The van der Waals surface area contributed by atoms with Crippen molar-refractivity contribution in [3.05, 3.63) is 62.8 Å². The Labute approximate surface area is 149 Å².